The molecular formula is C45H51F2N9O8S. The number of imide groups is 1. The number of hydrogen-bond acceptors (Lipinski definition) is 12. The molecular weight excluding hydrogens is 865 g/mol. The minimum atomic E-state index is -4.03. The van der Waals surface area contributed by atoms with Crippen LogP contribution in [0.5, 0.6) is 11.5 Å². The predicted octanol–water partition coefficient (Wildman–Crippen LogP) is 4.76. The van der Waals surface area contributed by atoms with Gasteiger partial charge in [-0.05, 0) is 112 Å². The SMILES string of the molecule is CCN(C)S(=O)(=O)Nc1ccc(F)c(Oc2ccc3ncn([C@H]4COC5(CCN(C(=O)CN6CCCC(c7ccc(NC8CCC(=O)NC8=O)cc7F)CC6)CC5)C4)c(=O)c3c2)c1C#N. The molecule has 1 spiro atoms. The molecule has 20 heteroatoms. The summed E-state index contributed by atoms with van der Waals surface area (Å²) in [5, 5.41) is 15.4. The number of nitrogens with zero attached hydrogens (tertiary/aromatic N) is 6. The van der Waals surface area contributed by atoms with E-state index in [4.69, 9.17) is 9.47 Å². The summed E-state index contributed by atoms with van der Waals surface area (Å²) in [5.41, 5.74) is 0.00951. The molecule has 1 aromatic heterocycles. The summed E-state index contributed by atoms with van der Waals surface area (Å²) in [5.74, 6) is -2.45. The van der Waals surface area contributed by atoms with Crippen LogP contribution in [-0.4, -0.2) is 114 Å². The fraction of sp³-hybridized carbons (Fsp3) is 0.467. The number of likely N-dealkylation sites (tertiary alicyclic amines) is 2. The average molecular weight is 916 g/mol. The van der Waals surface area contributed by atoms with E-state index in [1.165, 1.54) is 42.2 Å². The Bertz CT molecular complexity index is 2720. The maximum absolute atomic E-state index is 15.4. The third-order valence-corrected chi connectivity index (χ3v) is 14.7. The molecule has 3 N–H and O–H groups in total. The molecule has 3 amide bonds. The first kappa shape index (κ1) is 45.6. The summed E-state index contributed by atoms with van der Waals surface area (Å²) in [6.07, 6.45) is 6.04. The lowest BCUT2D eigenvalue weighted by molar-refractivity contribution is -0.137. The molecule has 344 valence electrons. The van der Waals surface area contributed by atoms with Crippen molar-refractivity contribution in [2.24, 2.45) is 0 Å². The number of piperidine rings is 2. The molecule has 4 aliphatic heterocycles. The zero-order valence-corrected chi connectivity index (χ0v) is 37.0. The van der Waals surface area contributed by atoms with Crippen molar-refractivity contribution in [2.45, 2.75) is 81.9 Å². The second kappa shape index (κ2) is 18.8. The third kappa shape index (κ3) is 9.83. The van der Waals surface area contributed by atoms with Gasteiger partial charge in [-0.25, -0.2) is 13.8 Å². The van der Waals surface area contributed by atoms with Crippen LogP contribution in [0, 0.1) is 23.0 Å². The highest BCUT2D eigenvalue weighted by Crippen LogP contribution is 2.41. The van der Waals surface area contributed by atoms with Gasteiger partial charge in [0.15, 0.2) is 11.6 Å². The number of hydrogen-bond donors (Lipinski definition) is 3. The predicted molar refractivity (Wildman–Crippen MR) is 235 cm³/mol. The second-order valence-electron chi connectivity index (χ2n) is 17.2. The summed E-state index contributed by atoms with van der Waals surface area (Å²) in [6.45, 7) is 4.67. The molecule has 0 radical (unpaired) electrons. The number of carbonyl (C=O) groups excluding carboxylic acids is 3. The smallest absolute Gasteiger partial charge is 0.301 e. The Morgan fingerprint density at radius 2 is 1.85 bits per heavy atom. The van der Waals surface area contributed by atoms with Gasteiger partial charge in [0.05, 0.1) is 47.7 Å². The number of anilines is 2. The average Bonchev–Trinajstić information content (AvgIpc) is 3.54. The molecule has 2 unspecified atom stereocenters. The van der Waals surface area contributed by atoms with Crippen molar-refractivity contribution < 1.29 is 41.1 Å². The number of amides is 3. The first-order chi connectivity index (χ1) is 31.2. The van der Waals surface area contributed by atoms with Gasteiger partial charge < -0.3 is 19.7 Å². The van der Waals surface area contributed by atoms with Gasteiger partial charge in [0.25, 0.3) is 5.56 Å². The standard InChI is InChI=1S/C45H51F2N9O8S/c1-3-53(2)65(61,62)52-38-11-9-35(46)42(34(38)24-48)64-31-7-10-37-33(22-31)44(60)56(27-49-37)30-23-45(63-26-30)15-19-55(20-16-45)41(58)25-54-17-4-5-28(14-18-54)32-8-6-29(21-36(32)47)50-39-12-13-40(57)51-43(39)59/h6-11,21-22,27-28,30,39,50,52H,3-5,12-20,23,25-26H2,1-2H3,(H,51,57,59)/t28?,30-,39?/m1/s1. The number of benzene rings is 3. The number of aromatic nitrogens is 2. The zero-order valence-electron chi connectivity index (χ0n) is 36.1. The van der Waals surface area contributed by atoms with Gasteiger partial charge in [0, 0.05) is 38.8 Å². The van der Waals surface area contributed by atoms with Gasteiger partial charge in [-0.15, -0.1) is 0 Å². The fourth-order valence-corrected chi connectivity index (χ4v) is 10.1. The molecule has 3 aromatic carbocycles. The number of rotatable bonds is 12. The minimum Gasteiger partial charge on any atom is -0.453 e. The molecule has 0 aliphatic carbocycles. The third-order valence-electron chi connectivity index (χ3n) is 13.1. The molecule has 3 atom stereocenters. The van der Waals surface area contributed by atoms with E-state index >= 15 is 8.78 Å². The van der Waals surface area contributed by atoms with E-state index in [9.17, 15) is 32.9 Å². The second-order valence-corrected chi connectivity index (χ2v) is 19.0. The van der Waals surface area contributed by atoms with Crippen LogP contribution in [0.25, 0.3) is 10.9 Å². The lowest BCUT2D eigenvalue weighted by Crippen LogP contribution is -2.49. The number of nitriles is 1. The minimum absolute atomic E-state index is 0.0155. The van der Waals surface area contributed by atoms with Gasteiger partial charge >= 0.3 is 10.2 Å². The van der Waals surface area contributed by atoms with Crippen LogP contribution in [0.1, 0.15) is 81.4 Å². The molecule has 4 fully saturated rings. The lowest BCUT2D eigenvalue weighted by Gasteiger charge is -2.39. The summed E-state index contributed by atoms with van der Waals surface area (Å²) >= 11 is 0. The Hall–Kier alpha value is -6.01. The molecule has 8 rings (SSSR count). The first-order valence-corrected chi connectivity index (χ1v) is 23.3. The van der Waals surface area contributed by atoms with Gasteiger partial charge in [-0.1, -0.05) is 13.0 Å². The largest absolute Gasteiger partial charge is 0.453 e. The maximum Gasteiger partial charge on any atom is 0.301 e. The van der Waals surface area contributed by atoms with E-state index in [0.717, 1.165) is 35.8 Å². The van der Waals surface area contributed by atoms with Crippen molar-refractivity contribution in [2.75, 3.05) is 63.0 Å². The Balaban J connectivity index is 0.856. The molecule has 17 nitrogen and oxygen atoms in total. The van der Waals surface area contributed by atoms with Gasteiger partial charge in [0.1, 0.15) is 29.2 Å². The van der Waals surface area contributed by atoms with Gasteiger partial charge in [-0.3, -0.25) is 38.7 Å². The first-order valence-electron chi connectivity index (χ1n) is 21.8. The molecule has 0 saturated carbocycles. The Kier molecular flexibility index (Phi) is 13.2. The quantitative estimate of drug-likeness (QED) is 0.165. The summed E-state index contributed by atoms with van der Waals surface area (Å²) < 4.78 is 72.9. The zero-order chi connectivity index (χ0) is 46.0. The highest BCUT2D eigenvalue weighted by atomic mass is 32.2. The number of carbonyl (C=O) groups is 3. The van der Waals surface area contributed by atoms with E-state index in [2.05, 4.69) is 25.2 Å². The van der Waals surface area contributed by atoms with Crippen molar-refractivity contribution >= 4 is 50.2 Å². The van der Waals surface area contributed by atoms with Crippen LogP contribution in [0.4, 0.5) is 20.2 Å². The number of halogens is 2. The molecule has 4 aliphatic rings. The molecule has 4 saturated heterocycles. The highest BCUT2D eigenvalue weighted by Gasteiger charge is 2.44. The van der Waals surface area contributed by atoms with E-state index in [1.54, 1.807) is 19.1 Å². The maximum atomic E-state index is 15.4. The van der Waals surface area contributed by atoms with E-state index in [1.807, 2.05) is 11.0 Å². The molecule has 4 aromatic rings. The molecule has 0 bridgehead atoms. The monoisotopic (exact) mass is 915 g/mol. The van der Waals surface area contributed by atoms with Crippen LogP contribution in [0.15, 0.2) is 59.7 Å². The summed E-state index contributed by atoms with van der Waals surface area (Å²) in [6, 6.07) is 12.4. The van der Waals surface area contributed by atoms with Crippen LogP contribution in [0.3, 0.4) is 0 Å². The van der Waals surface area contributed by atoms with E-state index in [0.29, 0.717) is 68.5 Å². The van der Waals surface area contributed by atoms with Crippen molar-refractivity contribution in [3.8, 4) is 17.6 Å². The number of ether oxygens (including phenoxy) is 2. The Labute approximate surface area is 374 Å². The van der Waals surface area contributed by atoms with Gasteiger partial charge in [-0.2, -0.15) is 18.0 Å². The summed E-state index contributed by atoms with van der Waals surface area (Å²) in [4.78, 5) is 59.7. The van der Waals surface area contributed by atoms with E-state index in [-0.39, 0.29) is 83.7 Å². The Morgan fingerprint density at radius 3 is 2.58 bits per heavy atom. The van der Waals surface area contributed by atoms with E-state index < -0.39 is 39.3 Å². The summed E-state index contributed by atoms with van der Waals surface area (Å²) in [7, 11) is -2.68. The van der Waals surface area contributed by atoms with Crippen molar-refractivity contribution in [1.82, 2.24) is 29.0 Å². The highest BCUT2D eigenvalue weighted by molar-refractivity contribution is 7.90. The van der Waals surface area contributed by atoms with Crippen molar-refractivity contribution in [1.29, 1.82) is 5.26 Å². The van der Waals surface area contributed by atoms with Crippen LogP contribution >= 0.6 is 0 Å². The topological polar surface area (TPSA) is 208 Å². The van der Waals surface area contributed by atoms with Crippen LogP contribution in [0.2, 0.25) is 0 Å². The van der Waals surface area contributed by atoms with Gasteiger partial charge in [0.2, 0.25) is 17.7 Å². The lowest BCUT2D eigenvalue weighted by atomic mass is 9.87. The fourth-order valence-electron chi connectivity index (χ4n) is 9.20. The van der Waals surface area contributed by atoms with Crippen LogP contribution < -0.4 is 25.7 Å². The van der Waals surface area contributed by atoms with Crippen LogP contribution in [-0.2, 0) is 29.3 Å². The van der Waals surface area contributed by atoms with Crippen molar-refractivity contribution in [3.05, 3.63) is 88.0 Å². The number of fused-ring (bicyclic) bond motifs is 1. The molecule has 5 heterocycles. The Morgan fingerprint density at radius 1 is 1.05 bits per heavy atom. The molecule has 65 heavy (non-hydrogen) atoms. The van der Waals surface area contributed by atoms with Crippen molar-refractivity contribution in [3.63, 3.8) is 0 Å². The normalized spacial score (nSPS) is 21.5. The number of nitrogens with one attached hydrogen (secondary N) is 3.